The Bertz CT molecular complexity index is 1760. The molecule has 0 spiro atoms. The molecule has 8 unspecified atom stereocenters. The van der Waals surface area contributed by atoms with Crippen molar-refractivity contribution < 1.29 is 38.6 Å². The minimum Gasteiger partial charge on any atom is -0.481 e. The minimum atomic E-state index is -0.889. The Morgan fingerprint density at radius 2 is 1.51 bits per heavy atom. The fourth-order valence-corrected chi connectivity index (χ4v) is 9.05. The number of carboxylic acid groups (broad SMARTS) is 1. The summed E-state index contributed by atoms with van der Waals surface area (Å²) in [7, 11) is 6.67. The molecule has 1 aliphatic rings. The van der Waals surface area contributed by atoms with Gasteiger partial charge in [-0.3, -0.25) is 28.9 Å². The molecule has 3 rings (SSSR count). The quantitative estimate of drug-likeness (QED) is 0.0986. The highest BCUT2D eigenvalue weighted by atomic mass is 16.5. The van der Waals surface area contributed by atoms with Crippen LogP contribution in [0.25, 0.3) is 6.08 Å². The molecule has 0 radical (unpaired) electrons. The summed E-state index contributed by atoms with van der Waals surface area (Å²) >= 11 is 0. The second kappa shape index (κ2) is 26.3. The number of aliphatic carboxylic acids is 1. The summed E-state index contributed by atoms with van der Waals surface area (Å²) in [5.41, 5.74) is 2.13. The number of rotatable bonds is 26. The summed E-state index contributed by atoms with van der Waals surface area (Å²) < 4.78 is 12.2. The van der Waals surface area contributed by atoms with Crippen LogP contribution in [0.3, 0.4) is 0 Å². The third kappa shape index (κ3) is 15.6. The predicted octanol–water partition coefficient (Wildman–Crippen LogP) is 6.31. The smallest absolute Gasteiger partial charge is 0.303 e. The number of nitrogens with zero attached hydrogens (tertiary/aromatic N) is 3. The average Bonchev–Trinajstić information content (AvgIpc) is 3.74. The number of methoxy groups -OCH3 is 2. The molecule has 4 amide bonds. The summed E-state index contributed by atoms with van der Waals surface area (Å²) in [5.74, 6) is -2.76. The lowest BCUT2D eigenvalue weighted by atomic mass is 9.89. The van der Waals surface area contributed by atoms with E-state index in [-0.39, 0.29) is 66.3 Å². The van der Waals surface area contributed by atoms with Gasteiger partial charge in [-0.05, 0) is 68.2 Å². The lowest BCUT2D eigenvalue weighted by Gasteiger charge is -2.41. The Hall–Kier alpha value is -4.59. The van der Waals surface area contributed by atoms with Gasteiger partial charge < -0.3 is 35.0 Å². The summed E-state index contributed by atoms with van der Waals surface area (Å²) in [5, 5.41) is 15.4. The van der Waals surface area contributed by atoms with Gasteiger partial charge in [-0.25, -0.2) is 0 Å². The molecular formula is C50H77N5O8. The van der Waals surface area contributed by atoms with Crippen molar-refractivity contribution in [3.05, 3.63) is 77.9 Å². The SMILES string of the molecule is CCC(C)C(C(CC(=O)N1CCC[C@H]1C(OC)C(C)C(=O)NC(/C=C/c1ccccc1)Cc1ccccc1)OC)N(C)C(=O)C(NC(=O)C(C(C)C)N(C)CCCC(=O)O)C(C)C. The maximum atomic E-state index is 14.5. The Morgan fingerprint density at radius 1 is 0.873 bits per heavy atom. The van der Waals surface area contributed by atoms with Crippen LogP contribution < -0.4 is 10.6 Å². The lowest BCUT2D eigenvalue weighted by Crippen LogP contribution is -2.60. The molecule has 13 nitrogen and oxygen atoms in total. The molecule has 0 bridgehead atoms. The number of carbonyl (C=O) groups excluding carboxylic acids is 4. The van der Waals surface area contributed by atoms with Crippen molar-refractivity contribution in [2.24, 2.45) is 23.7 Å². The van der Waals surface area contributed by atoms with E-state index in [2.05, 4.69) is 10.6 Å². The number of carbonyl (C=O) groups is 5. The summed E-state index contributed by atoms with van der Waals surface area (Å²) in [6, 6.07) is 17.5. The van der Waals surface area contributed by atoms with Crippen LogP contribution in [0.1, 0.15) is 98.1 Å². The predicted molar refractivity (Wildman–Crippen MR) is 249 cm³/mol. The van der Waals surface area contributed by atoms with Crippen LogP contribution in [0.15, 0.2) is 66.7 Å². The van der Waals surface area contributed by atoms with Crippen molar-refractivity contribution in [1.82, 2.24) is 25.3 Å². The molecule has 1 saturated heterocycles. The fourth-order valence-electron chi connectivity index (χ4n) is 9.05. The molecule has 63 heavy (non-hydrogen) atoms. The van der Waals surface area contributed by atoms with Gasteiger partial charge in [0.05, 0.1) is 48.7 Å². The van der Waals surface area contributed by atoms with Crippen molar-refractivity contribution >= 4 is 35.7 Å². The first kappa shape index (κ1) is 52.8. The van der Waals surface area contributed by atoms with Crippen molar-refractivity contribution in [1.29, 1.82) is 0 Å². The molecule has 350 valence electrons. The first-order valence-corrected chi connectivity index (χ1v) is 22.9. The first-order chi connectivity index (χ1) is 29.9. The highest BCUT2D eigenvalue weighted by Gasteiger charge is 2.43. The average molecular weight is 876 g/mol. The monoisotopic (exact) mass is 876 g/mol. The van der Waals surface area contributed by atoms with E-state index in [1.54, 1.807) is 33.2 Å². The van der Waals surface area contributed by atoms with Gasteiger partial charge in [-0.2, -0.15) is 0 Å². The zero-order valence-electron chi connectivity index (χ0n) is 39.8. The number of carboxylic acids is 1. The van der Waals surface area contributed by atoms with Crippen LogP contribution >= 0.6 is 0 Å². The number of hydrogen-bond donors (Lipinski definition) is 3. The fraction of sp³-hybridized carbons (Fsp3) is 0.620. The molecule has 9 atom stereocenters. The zero-order chi connectivity index (χ0) is 46.8. The number of nitrogens with one attached hydrogen (secondary N) is 2. The van der Waals surface area contributed by atoms with Crippen molar-refractivity contribution in [3.63, 3.8) is 0 Å². The molecule has 0 aliphatic carbocycles. The third-order valence-corrected chi connectivity index (χ3v) is 12.7. The molecule has 1 heterocycles. The largest absolute Gasteiger partial charge is 0.481 e. The van der Waals surface area contributed by atoms with Crippen LogP contribution in [0.5, 0.6) is 0 Å². The number of ether oxygens (including phenoxy) is 2. The molecule has 1 fully saturated rings. The number of hydrogen-bond acceptors (Lipinski definition) is 8. The van der Waals surface area contributed by atoms with Crippen LogP contribution in [0.2, 0.25) is 0 Å². The minimum absolute atomic E-state index is 0.000372. The van der Waals surface area contributed by atoms with E-state index in [1.165, 1.54) is 0 Å². The van der Waals surface area contributed by atoms with Crippen LogP contribution in [-0.4, -0.2) is 133 Å². The molecule has 2 aromatic carbocycles. The Morgan fingerprint density at radius 3 is 2.06 bits per heavy atom. The molecule has 1 aliphatic heterocycles. The van der Waals surface area contributed by atoms with E-state index in [4.69, 9.17) is 14.6 Å². The second-order valence-corrected chi connectivity index (χ2v) is 18.1. The normalized spacial score (nSPS) is 18.1. The van der Waals surface area contributed by atoms with E-state index < -0.39 is 42.2 Å². The van der Waals surface area contributed by atoms with E-state index in [0.717, 1.165) is 17.5 Å². The number of likely N-dealkylation sites (N-methyl/N-ethyl adjacent to an activating group) is 2. The number of likely N-dealkylation sites (tertiary alicyclic amines) is 1. The van der Waals surface area contributed by atoms with Gasteiger partial charge in [-0.1, -0.05) is 128 Å². The van der Waals surface area contributed by atoms with Crippen LogP contribution in [0, 0.1) is 23.7 Å². The maximum Gasteiger partial charge on any atom is 0.303 e. The van der Waals surface area contributed by atoms with Gasteiger partial charge in [-0.15, -0.1) is 0 Å². The van der Waals surface area contributed by atoms with Crippen LogP contribution in [-0.2, 0) is 39.9 Å². The molecule has 0 aromatic heterocycles. The third-order valence-electron chi connectivity index (χ3n) is 12.7. The Kier molecular flexibility index (Phi) is 22.0. The summed E-state index contributed by atoms with van der Waals surface area (Å²) in [6.07, 6.45) is 5.97. The van der Waals surface area contributed by atoms with Crippen molar-refractivity contribution in [3.8, 4) is 0 Å². The van der Waals surface area contributed by atoms with Crippen LogP contribution in [0.4, 0.5) is 0 Å². The number of amides is 4. The Labute approximate surface area is 377 Å². The lowest BCUT2D eigenvalue weighted by molar-refractivity contribution is -0.148. The standard InChI is InChI=1S/C50H77N5O8/c1-12-35(6)46(54(9)50(61)44(33(2)3)52-49(60)45(34(4)5)53(8)29-20-26-43(57)58)41(62-10)32-42(56)55-30-19-25-40(55)47(63-11)36(7)48(59)51-39(31-38-23-17-14-18-24-38)28-27-37-21-15-13-16-22-37/h13-18,21-24,27-28,33-36,39-41,44-47H,12,19-20,25-26,29-32H2,1-11H3,(H,51,59)(H,52,60)(H,57,58)/b28-27+/t35?,36?,39?,40-,41?,44?,45?,46?,47?/m0/s1. The molecular weight excluding hydrogens is 799 g/mol. The molecule has 2 aromatic rings. The van der Waals surface area contributed by atoms with Gasteiger partial charge in [0.15, 0.2) is 0 Å². The summed E-state index contributed by atoms with van der Waals surface area (Å²) in [6.45, 7) is 14.5. The Balaban J connectivity index is 1.79. The van der Waals surface area contributed by atoms with E-state index in [1.807, 2.05) is 131 Å². The van der Waals surface area contributed by atoms with Gasteiger partial charge in [0, 0.05) is 34.2 Å². The van der Waals surface area contributed by atoms with Crippen molar-refractivity contribution in [2.75, 3.05) is 41.4 Å². The number of benzene rings is 2. The van der Waals surface area contributed by atoms with Gasteiger partial charge in [0.1, 0.15) is 6.04 Å². The van der Waals surface area contributed by atoms with Gasteiger partial charge in [0.2, 0.25) is 23.6 Å². The maximum absolute atomic E-state index is 14.5. The first-order valence-electron chi connectivity index (χ1n) is 22.9. The zero-order valence-corrected chi connectivity index (χ0v) is 39.8. The second-order valence-electron chi connectivity index (χ2n) is 18.1. The highest BCUT2D eigenvalue weighted by molar-refractivity contribution is 5.90. The van der Waals surface area contributed by atoms with Crippen molar-refractivity contribution in [2.45, 2.75) is 136 Å². The van der Waals surface area contributed by atoms with Gasteiger partial charge >= 0.3 is 5.97 Å². The van der Waals surface area contributed by atoms with E-state index in [0.29, 0.717) is 38.8 Å². The van der Waals surface area contributed by atoms with Gasteiger partial charge in [0.25, 0.3) is 0 Å². The topological polar surface area (TPSA) is 158 Å². The highest BCUT2D eigenvalue weighted by Crippen LogP contribution is 2.30. The summed E-state index contributed by atoms with van der Waals surface area (Å²) in [4.78, 5) is 73.3. The molecule has 13 heteroatoms. The molecule has 0 saturated carbocycles. The van der Waals surface area contributed by atoms with E-state index >= 15 is 0 Å². The van der Waals surface area contributed by atoms with E-state index in [9.17, 15) is 24.0 Å². The molecule has 3 N–H and O–H groups in total.